The minimum absolute atomic E-state index is 0.139. The molecule has 13 heavy (non-hydrogen) atoms. The lowest BCUT2D eigenvalue weighted by Gasteiger charge is -2.07. The van der Waals surface area contributed by atoms with Crippen molar-refractivity contribution in [2.75, 3.05) is 7.11 Å². The Morgan fingerprint density at radius 1 is 1.38 bits per heavy atom. The predicted octanol–water partition coefficient (Wildman–Crippen LogP) is 3.13. The summed E-state index contributed by atoms with van der Waals surface area (Å²) in [6.45, 7) is 2.15. The average molecular weight is 207 g/mol. The van der Waals surface area contributed by atoms with Gasteiger partial charge in [0.25, 0.3) is 0 Å². The van der Waals surface area contributed by atoms with Crippen LogP contribution in [-0.4, -0.2) is 18.5 Å². The molecule has 0 radical (unpaired) electrons. The van der Waals surface area contributed by atoms with E-state index in [1.54, 1.807) is 0 Å². The van der Waals surface area contributed by atoms with Crippen LogP contribution in [0.3, 0.4) is 0 Å². The molecular weight excluding hydrogens is 188 g/mol. The molecule has 0 aliphatic carbocycles. The monoisotopic (exact) mass is 206 g/mol. The van der Waals surface area contributed by atoms with E-state index in [2.05, 4.69) is 11.7 Å². The quantitative estimate of drug-likeness (QED) is 0.473. The van der Waals surface area contributed by atoms with E-state index < -0.39 is 0 Å². The van der Waals surface area contributed by atoms with Gasteiger partial charge in [0, 0.05) is 11.8 Å². The van der Waals surface area contributed by atoms with Crippen molar-refractivity contribution < 1.29 is 9.53 Å². The van der Waals surface area contributed by atoms with Crippen LogP contribution in [0.25, 0.3) is 0 Å². The molecule has 0 N–H and O–H groups in total. The van der Waals surface area contributed by atoms with E-state index in [-0.39, 0.29) is 11.3 Å². The first-order valence-electron chi connectivity index (χ1n) is 4.91. The maximum Gasteiger partial charge on any atom is 0.305 e. The van der Waals surface area contributed by atoms with Gasteiger partial charge in [-0.05, 0) is 19.3 Å². The summed E-state index contributed by atoms with van der Waals surface area (Å²) in [7, 11) is 1.41. The topological polar surface area (TPSA) is 26.3 Å². The Hall–Kier alpha value is -0.240. The summed E-state index contributed by atoms with van der Waals surface area (Å²) < 4.78 is 4.53. The molecule has 0 fully saturated rings. The van der Waals surface area contributed by atoms with Crippen molar-refractivity contribution in [2.45, 2.75) is 50.8 Å². The zero-order valence-corrected chi connectivity index (χ0v) is 9.27. The number of halogens is 1. The Labute approximate surface area is 85.6 Å². The number of hydrogen-bond acceptors (Lipinski definition) is 2. The van der Waals surface area contributed by atoms with Crippen LogP contribution in [0, 0.1) is 0 Å². The van der Waals surface area contributed by atoms with Crippen molar-refractivity contribution in [1.29, 1.82) is 0 Å². The van der Waals surface area contributed by atoms with Gasteiger partial charge < -0.3 is 4.74 Å². The van der Waals surface area contributed by atoms with Crippen LogP contribution >= 0.6 is 11.6 Å². The molecule has 0 heterocycles. The Kier molecular flexibility index (Phi) is 8.21. The first-order chi connectivity index (χ1) is 6.20. The third-order valence-corrected chi connectivity index (χ3v) is 2.43. The maximum absolute atomic E-state index is 10.7. The van der Waals surface area contributed by atoms with Crippen molar-refractivity contribution >= 4 is 17.6 Å². The summed E-state index contributed by atoms with van der Waals surface area (Å²) >= 11 is 6.03. The van der Waals surface area contributed by atoms with Gasteiger partial charge in [-0.2, -0.15) is 0 Å². The van der Waals surface area contributed by atoms with Gasteiger partial charge in [-0.25, -0.2) is 0 Å². The minimum atomic E-state index is -0.139. The Morgan fingerprint density at radius 3 is 2.54 bits per heavy atom. The first-order valence-corrected chi connectivity index (χ1v) is 5.35. The van der Waals surface area contributed by atoms with Crippen LogP contribution in [-0.2, 0) is 9.53 Å². The van der Waals surface area contributed by atoms with Gasteiger partial charge >= 0.3 is 5.97 Å². The summed E-state index contributed by atoms with van der Waals surface area (Å²) in [6, 6.07) is 0. The Balaban J connectivity index is 3.26. The highest BCUT2D eigenvalue weighted by Gasteiger charge is 2.05. The van der Waals surface area contributed by atoms with Gasteiger partial charge in [0.15, 0.2) is 0 Å². The third kappa shape index (κ3) is 8.10. The van der Waals surface area contributed by atoms with Gasteiger partial charge in [0.2, 0.25) is 0 Å². The number of methoxy groups -OCH3 is 1. The zero-order chi connectivity index (χ0) is 10.1. The fourth-order valence-corrected chi connectivity index (χ4v) is 1.45. The number of unbranched alkanes of at least 4 members (excludes halogenated alkanes) is 1. The molecule has 0 bridgehead atoms. The van der Waals surface area contributed by atoms with E-state index in [0.29, 0.717) is 6.42 Å². The van der Waals surface area contributed by atoms with Crippen LogP contribution in [0.15, 0.2) is 0 Å². The molecule has 0 aromatic heterocycles. The lowest BCUT2D eigenvalue weighted by Crippen LogP contribution is -2.03. The highest BCUT2D eigenvalue weighted by atomic mass is 35.5. The second-order valence-corrected chi connectivity index (χ2v) is 3.83. The summed E-state index contributed by atoms with van der Waals surface area (Å²) in [4.78, 5) is 10.7. The maximum atomic E-state index is 10.7. The molecule has 1 unspecified atom stereocenters. The van der Waals surface area contributed by atoms with Gasteiger partial charge in [0.1, 0.15) is 0 Å². The van der Waals surface area contributed by atoms with E-state index in [0.717, 1.165) is 19.3 Å². The molecular formula is C10H19ClO2. The number of carbonyl (C=O) groups excluding carboxylic acids is 1. The van der Waals surface area contributed by atoms with Crippen molar-refractivity contribution in [1.82, 2.24) is 0 Å². The molecule has 1 atom stereocenters. The van der Waals surface area contributed by atoms with Crippen LogP contribution in [0.5, 0.6) is 0 Å². The highest BCUT2D eigenvalue weighted by Crippen LogP contribution is 2.14. The van der Waals surface area contributed by atoms with Crippen molar-refractivity contribution in [3.63, 3.8) is 0 Å². The second-order valence-electron chi connectivity index (χ2n) is 3.21. The SMILES string of the molecule is CCCCC(Cl)CCCC(=O)OC. The summed E-state index contributed by atoms with van der Waals surface area (Å²) in [5.74, 6) is -0.139. The molecule has 0 amide bonds. The minimum Gasteiger partial charge on any atom is -0.469 e. The second kappa shape index (κ2) is 8.36. The molecule has 0 aromatic carbocycles. The third-order valence-electron chi connectivity index (χ3n) is 2.00. The molecule has 2 nitrogen and oxygen atoms in total. The number of alkyl halides is 1. The molecule has 78 valence electrons. The van der Waals surface area contributed by atoms with E-state index in [1.807, 2.05) is 0 Å². The number of carbonyl (C=O) groups is 1. The number of ether oxygens (including phenoxy) is 1. The van der Waals surface area contributed by atoms with Crippen LogP contribution in [0.2, 0.25) is 0 Å². The fraction of sp³-hybridized carbons (Fsp3) is 0.900. The van der Waals surface area contributed by atoms with Gasteiger partial charge in [-0.15, -0.1) is 11.6 Å². The molecule has 0 spiro atoms. The largest absolute Gasteiger partial charge is 0.469 e. The molecule has 0 saturated heterocycles. The summed E-state index contributed by atoms with van der Waals surface area (Å²) in [5.41, 5.74) is 0. The smallest absolute Gasteiger partial charge is 0.305 e. The standard InChI is InChI=1S/C10H19ClO2/c1-3-4-6-9(11)7-5-8-10(12)13-2/h9H,3-8H2,1-2H3. The number of rotatable bonds is 7. The zero-order valence-electron chi connectivity index (χ0n) is 8.51. The lowest BCUT2D eigenvalue weighted by atomic mass is 10.1. The van der Waals surface area contributed by atoms with E-state index in [9.17, 15) is 4.79 Å². The molecule has 0 rings (SSSR count). The van der Waals surface area contributed by atoms with Crippen LogP contribution in [0.1, 0.15) is 45.4 Å². The van der Waals surface area contributed by atoms with Crippen LogP contribution < -0.4 is 0 Å². The fourth-order valence-electron chi connectivity index (χ4n) is 1.14. The molecule has 3 heteroatoms. The molecule has 0 aliphatic heterocycles. The normalized spacial score (nSPS) is 12.5. The number of esters is 1. The molecule has 0 aliphatic rings. The number of hydrogen-bond donors (Lipinski definition) is 0. The Morgan fingerprint density at radius 2 is 2.00 bits per heavy atom. The molecule has 0 aromatic rings. The van der Waals surface area contributed by atoms with Crippen molar-refractivity contribution in [3.05, 3.63) is 0 Å². The van der Waals surface area contributed by atoms with Gasteiger partial charge in [0.05, 0.1) is 7.11 Å². The van der Waals surface area contributed by atoms with E-state index in [1.165, 1.54) is 20.0 Å². The first kappa shape index (κ1) is 12.8. The summed E-state index contributed by atoms with van der Waals surface area (Å²) in [5, 5.41) is 0.226. The van der Waals surface area contributed by atoms with Gasteiger partial charge in [-0.1, -0.05) is 19.8 Å². The van der Waals surface area contributed by atoms with E-state index >= 15 is 0 Å². The van der Waals surface area contributed by atoms with Gasteiger partial charge in [-0.3, -0.25) is 4.79 Å². The van der Waals surface area contributed by atoms with E-state index in [4.69, 9.17) is 11.6 Å². The highest BCUT2D eigenvalue weighted by molar-refractivity contribution is 6.20. The van der Waals surface area contributed by atoms with Crippen molar-refractivity contribution in [3.8, 4) is 0 Å². The predicted molar refractivity (Wildman–Crippen MR) is 55.0 cm³/mol. The van der Waals surface area contributed by atoms with Crippen LogP contribution in [0.4, 0.5) is 0 Å². The summed E-state index contributed by atoms with van der Waals surface area (Å²) in [6.07, 6.45) is 5.65. The lowest BCUT2D eigenvalue weighted by molar-refractivity contribution is -0.140. The average Bonchev–Trinajstić information content (AvgIpc) is 2.14. The van der Waals surface area contributed by atoms with Crippen molar-refractivity contribution in [2.24, 2.45) is 0 Å². The molecule has 0 saturated carbocycles. The Bertz CT molecular complexity index is 137.